The minimum Gasteiger partial charge on any atom is -0.384 e. The smallest absolute Gasteiger partial charge is 0.122 e. The Bertz CT molecular complexity index is 431. The molecule has 1 aromatic carbocycles. The van der Waals surface area contributed by atoms with Crippen molar-refractivity contribution >= 4 is 11.5 Å². The number of benzene rings is 1. The number of hydrogen-bond acceptors (Lipinski definition) is 3. The van der Waals surface area contributed by atoms with Crippen LogP contribution in [0.2, 0.25) is 0 Å². The summed E-state index contributed by atoms with van der Waals surface area (Å²) >= 11 is 0. The summed E-state index contributed by atoms with van der Waals surface area (Å²) in [5.74, 6) is 0.113. The molecule has 3 N–H and O–H groups in total. The Balaban J connectivity index is 3.04. The van der Waals surface area contributed by atoms with Gasteiger partial charge in [0.05, 0.1) is 6.61 Å². The van der Waals surface area contributed by atoms with Crippen LogP contribution in [-0.2, 0) is 4.74 Å². The summed E-state index contributed by atoms with van der Waals surface area (Å²) in [6.45, 7) is 8.03. The van der Waals surface area contributed by atoms with Crippen molar-refractivity contribution in [3.05, 3.63) is 29.3 Å². The van der Waals surface area contributed by atoms with E-state index in [2.05, 4.69) is 25.7 Å². The molecule has 1 unspecified atom stereocenters. The maximum Gasteiger partial charge on any atom is 0.122 e. The molecule has 19 heavy (non-hydrogen) atoms. The molecule has 0 fully saturated rings. The highest BCUT2D eigenvalue weighted by molar-refractivity contribution is 5.95. The summed E-state index contributed by atoms with van der Waals surface area (Å²) in [6, 6.07) is 6.39. The van der Waals surface area contributed by atoms with E-state index in [0.717, 1.165) is 24.1 Å². The maximum atomic E-state index is 7.49. The lowest BCUT2D eigenvalue weighted by molar-refractivity contribution is 0.203. The molecular weight excluding hydrogens is 238 g/mol. The van der Waals surface area contributed by atoms with Crippen molar-refractivity contribution < 1.29 is 4.74 Å². The Morgan fingerprint density at radius 2 is 2.16 bits per heavy atom. The summed E-state index contributed by atoms with van der Waals surface area (Å²) in [5.41, 5.74) is 8.63. The number of ether oxygens (including phenoxy) is 1. The average molecular weight is 263 g/mol. The second-order valence-corrected chi connectivity index (χ2v) is 4.86. The van der Waals surface area contributed by atoms with E-state index < -0.39 is 0 Å². The number of aryl methyl sites for hydroxylation is 1. The second-order valence-electron chi connectivity index (χ2n) is 4.86. The molecule has 0 bridgehead atoms. The quantitative estimate of drug-likeness (QED) is 0.587. The van der Waals surface area contributed by atoms with Crippen LogP contribution in [0, 0.1) is 12.3 Å². The van der Waals surface area contributed by atoms with E-state index in [-0.39, 0.29) is 5.84 Å². The van der Waals surface area contributed by atoms with Crippen LogP contribution in [0.25, 0.3) is 0 Å². The second kappa shape index (κ2) is 7.14. The molecule has 0 saturated heterocycles. The lowest BCUT2D eigenvalue weighted by Gasteiger charge is -2.32. The number of nitrogens with one attached hydrogen (secondary N) is 1. The van der Waals surface area contributed by atoms with Gasteiger partial charge in [0.15, 0.2) is 0 Å². The molecule has 0 radical (unpaired) electrons. The van der Waals surface area contributed by atoms with Crippen molar-refractivity contribution in [1.82, 2.24) is 0 Å². The first-order valence-electron chi connectivity index (χ1n) is 6.71. The Kier molecular flexibility index (Phi) is 5.83. The molecule has 0 aliphatic heterocycles. The van der Waals surface area contributed by atoms with Gasteiger partial charge >= 0.3 is 0 Å². The van der Waals surface area contributed by atoms with Gasteiger partial charge in [-0.1, -0.05) is 6.92 Å². The van der Waals surface area contributed by atoms with Gasteiger partial charge in [0.25, 0.3) is 0 Å². The first kappa shape index (κ1) is 15.5. The van der Waals surface area contributed by atoms with Crippen LogP contribution in [0.4, 0.5) is 5.69 Å². The summed E-state index contributed by atoms with van der Waals surface area (Å²) < 4.78 is 5.19. The van der Waals surface area contributed by atoms with Gasteiger partial charge in [-0.05, 0) is 44.0 Å². The third-order valence-electron chi connectivity index (χ3n) is 3.48. The van der Waals surface area contributed by atoms with Gasteiger partial charge in [-0.25, -0.2) is 0 Å². The van der Waals surface area contributed by atoms with Gasteiger partial charge in [0.1, 0.15) is 5.84 Å². The molecule has 0 aromatic heterocycles. The molecule has 1 atom stereocenters. The first-order chi connectivity index (χ1) is 9.01. The molecule has 1 aromatic rings. The van der Waals surface area contributed by atoms with Gasteiger partial charge in [0.2, 0.25) is 0 Å². The Morgan fingerprint density at radius 1 is 1.47 bits per heavy atom. The van der Waals surface area contributed by atoms with Gasteiger partial charge in [0, 0.05) is 30.9 Å². The molecule has 0 aliphatic carbocycles. The molecule has 0 aliphatic rings. The highest BCUT2D eigenvalue weighted by Gasteiger charge is 2.15. The fourth-order valence-corrected chi connectivity index (χ4v) is 2.13. The normalized spacial score (nSPS) is 12.2. The summed E-state index contributed by atoms with van der Waals surface area (Å²) in [4.78, 5) is 2.35. The van der Waals surface area contributed by atoms with E-state index in [1.165, 1.54) is 5.69 Å². The zero-order valence-corrected chi connectivity index (χ0v) is 12.4. The van der Waals surface area contributed by atoms with Gasteiger partial charge in [-0.2, -0.15) is 0 Å². The van der Waals surface area contributed by atoms with E-state index in [4.69, 9.17) is 15.9 Å². The minimum absolute atomic E-state index is 0.113. The van der Waals surface area contributed by atoms with Crippen LogP contribution in [0.15, 0.2) is 18.2 Å². The van der Waals surface area contributed by atoms with Crippen LogP contribution in [0.5, 0.6) is 0 Å². The SMILES string of the molecule is CCC(C)N(CCOC)c1ccc(C(=N)N)cc1C. The highest BCUT2D eigenvalue weighted by Crippen LogP contribution is 2.24. The number of nitrogens with two attached hydrogens (primary N) is 1. The molecule has 1 rings (SSSR count). The van der Waals surface area contributed by atoms with E-state index in [1.807, 2.05) is 18.2 Å². The fourth-order valence-electron chi connectivity index (χ4n) is 2.13. The van der Waals surface area contributed by atoms with Crippen LogP contribution < -0.4 is 10.6 Å². The predicted octanol–water partition coefficient (Wildman–Crippen LogP) is 2.53. The minimum atomic E-state index is 0.113. The van der Waals surface area contributed by atoms with E-state index in [9.17, 15) is 0 Å². The fraction of sp³-hybridized carbons (Fsp3) is 0.533. The number of methoxy groups -OCH3 is 1. The number of hydrogen-bond donors (Lipinski definition) is 2. The number of nitrogen functional groups attached to an aromatic ring is 1. The predicted molar refractivity (Wildman–Crippen MR) is 81.2 cm³/mol. The molecule has 0 heterocycles. The summed E-state index contributed by atoms with van der Waals surface area (Å²) in [6.07, 6.45) is 1.08. The number of anilines is 1. The molecule has 4 heteroatoms. The maximum absolute atomic E-state index is 7.49. The third kappa shape index (κ3) is 3.96. The van der Waals surface area contributed by atoms with Gasteiger partial charge in [-0.3, -0.25) is 5.41 Å². The van der Waals surface area contributed by atoms with E-state index in [0.29, 0.717) is 12.6 Å². The molecular formula is C15H25N3O. The summed E-state index contributed by atoms with van der Waals surface area (Å²) in [5, 5.41) is 7.49. The van der Waals surface area contributed by atoms with Crippen LogP contribution in [0.3, 0.4) is 0 Å². The van der Waals surface area contributed by atoms with Crippen molar-refractivity contribution in [2.24, 2.45) is 5.73 Å². The van der Waals surface area contributed by atoms with Gasteiger partial charge < -0.3 is 15.4 Å². The van der Waals surface area contributed by atoms with Gasteiger partial charge in [-0.15, -0.1) is 0 Å². The standard InChI is InChI=1S/C15H25N3O/c1-5-12(3)18(8-9-19-4)14-7-6-13(15(16)17)10-11(14)2/h6-7,10,12H,5,8-9H2,1-4H3,(H3,16,17). The van der Waals surface area contributed by atoms with Crippen LogP contribution in [-0.4, -0.2) is 32.1 Å². The lowest BCUT2D eigenvalue weighted by Crippen LogP contribution is -2.36. The molecule has 0 saturated carbocycles. The van der Waals surface area contributed by atoms with Crippen molar-refractivity contribution in [3.63, 3.8) is 0 Å². The molecule has 0 amide bonds. The first-order valence-corrected chi connectivity index (χ1v) is 6.71. The molecule has 106 valence electrons. The largest absolute Gasteiger partial charge is 0.384 e. The van der Waals surface area contributed by atoms with Crippen molar-refractivity contribution in [2.75, 3.05) is 25.2 Å². The van der Waals surface area contributed by atoms with Crippen molar-refractivity contribution in [2.45, 2.75) is 33.2 Å². The third-order valence-corrected chi connectivity index (χ3v) is 3.48. The molecule has 4 nitrogen and oxygen atoms in total. The van der Waals surface area contributed by atoms with Crippen LogP contribution in [0.1, 0.15) is 31.4 Å². The van der Waals surface area contributed by atoms with E-state index >= 15 is 0 Å². The average Bonchev–Trinajstić information content (AvgIpc) is 2.39. The Morgan fingerprint density at radius 3 is 2.63 bits per heavy atom. The Labute approximate surface area is 116 Å². The highest BCUT2D eigenvalue weighted by atomic mass is 16.5. The van der Waals surface area contributed by atoms with Crippen molar-refractivity contribution in [3.8, 4) is 0 Å². The number of nitrogens with zero attached hydrogens (tertiary/aromatic N) is 1. The summed E-state index contributed by atoms with van der Waals surface area (Å²) in [7, 11) is 1.72. The number of rotatable bonds is 7. The zero-order chi connectivity index (χ0) is 14.4. The van der Waals surface area contributed by atoms with E-state index in [1.54, 1.807) is 7.11 Å². The topological polar surface area (TPSA) is 62.3 Å². The molecule has 0 spiro atoms. The lowest BCUT2D eigenvalue weighted by atomic mass is 10.1. The zero-order valence-electron chi connectivity index (χ0n) is 12.4. The Hall–Kier alpha value is -1.55. The monoisotopic (exact) mass is 263 g/mol. The van der Waals surface area contributed by atoms with Crippen LogP contribution >= 0.6 is 0 Å². The number of amidine groups is 1. The van der Waals surface area contributed by atoms with Crippen molar-refractivity contribution in [1.29, 1.82) is 5.41 Å².